The Morgan fingerprint density at radius 2 is 1.86 bits per heavy atom. The maximum absolute atomic E-state index is 12.5. The van der Waals surface area contributed by atoms with Crippen molar-refractivity contribution in [3.8, 4) is 6.07 Å². The van der Waals surface area contributed by atoms with E-state index in [9.17, 15) is 8.42 Å². The van der Waals surface area contributed by atoms with Crippen molar-refractivity contribution in [2.45, 2.75) is 17.9 Å². The molecule has 2 aromatic carbocycles. The molecule has 5 heteroatoms. The predicted octanol–water partition coefficient (Wildman–Crippen LogP) is 3.89. The van der Waals surface area contributed by atoms with Crippen LogP contribution in [0.3, 0.4) is 0 Å². The van der Waals surface area contributed by atoms with E-state index in [1.165, 1.54) is 0 Å². The fourth-order valence-corrected chi connectivity index (χ4v) is 3.62. The molecule has 0 fully saturated rings. The number of hydrogen-bond donors (Lipinski definition) is 0. The fourth-order valence-electron chi connectivity index (χ4n) is 2.03. The van der Waals surface area contributed by atoms with E-state index in [1.54, 1.807) is 55.5 Å². The first-order chi connectivity index (χ1) is 9.92. The molecule has 0 heterocycles. The Morgan fingerprint density at radius 3 is 2.48 bits per heavy atom. The van der Waals surface area contributed by atoms with Crippen LogP contribution >= 0.6 is 11.6 Å². The average molecular weight is 320 g/mol. The number of benzene rings is 2. The SMILES string of the molecule is C[C@@H](c1ccc(Cl)cc1)S(=O)(=O)Cc1cccc(C#N)c1. The molecule has 0 saturated carbocycles. The highest BCUT2D eigenvalue weighted by atomic mass is 35.5. The van der Waals surface area contributed by atoms with Gasteiger partial charge in [-0.3, -0.25) is 0 Å². The maximum atomic E-state index is 12.5. The first kappa shape index (κ1) is 15.6. The topological polar surface area (TPSA) is 57.9 Å². The van der Waals surface area contributed by atoms with Gasteiger partial charge in [0.15, 0.2) is 9.84 Å². The van der Waals surface area contributed by atoms with Gasteiger partial charge in [-0.1, -0.05) is 35.9 Å². The van der Waals surface area contributed by atoms with Gasteiger partial charge in [-0.15, -0.1) is 0 Å². The second kappa shape index (κ2) is 6.30. The van der Waals surface area contributed by atoms with Crippen LogP contribution in [0.1, 0.15) is 28.9 Å². The number of nitrogens with zero attached hydrogens (tertiary/aromatic N) is 1. The standard InChI is InChI=1S/C16H14ClNO2S/c1-12(15-5-7-16(17)8-6-15)21(19,20)11-14-4-2-3-13(9-14)10-18/h2-9,12H,11H2,1H3/t12-/m0/s1. The summed E-state index contributed by atoms with van der Waals surface area (Å²) in [6.45, 7) is 1.66. The molecular weight excluding hydrogens is 306 g/mol. The molecule has 0 aliphatic heterocycles. The zero-order chi connectivity index (χ0) is 15.5. The smallest absolute Gasteiger partial charge is 0.161 e. The van der Waals surface area contributed by atoms with Crippen LogP contribution in [0.15, 0.2) is 48.5 Å². The van der Waals surface area contributed by atoms with Crippen molar-refractivity contribution in [2.24, 2.45) is 0 Å². The van der Waals surface area contributed by atoms with Crippen molar-refractivity contribution < 1.29 is 8.42 Å². The lowest BCUT2D eigenvalue weighted by molar-refractivity contribution is 0.585. The minimum atomic E-state index is -3.36. The van der Waals surface area contributed by atoms with Crippen LogP contribution < -0.4 is 0 Å². The van der Waals surface area contributed by atoms with Gasteiger partial charge in [-0.25, -0.2) is 8.42 Å². The maximum Gasteiger partial charge on any atom is 0.161 e. The summed E-state index contributed by atoms with van der Waals surface area (Å²) < 4.78 is 24.9. The van der Waals surface area contributed by atoms with Crippen LogP contribution in [0.4, 0.5) is 0 Å². The van der Waals surface area contributed by atoms with Gasteiger partial charge in [0.1, 0.15) is 0 Å². The molecule has 21 heavy (non-hydrogen) atoms. The van der Waals surface area contributed by atoms with E-state index in [1.807, 2.05) is 6.07 Å². The molecule has 0 spiro atoms. The van der Waals surface area contributed by atoms with Crippen molar-refractivity contribution in [1.29, 1.82) is 5.26 Å². The molecule has 2 rings (SSSR count). The van der Waals surface area contributed by atoms with Gasteiger partial charge in [0.05, 0.1) is 22.6 Å². The fraction of sp³-hybridized carbons (Fsp3) is 0.188. The van der Waals surface area contributed by atoms with Gasteiger partial charge < -0.3 is 0 Å². The quantitative estimate of drug-likeness (QED) is 0.859. The highest BCUT2D eigenvalue weighted by Gasteiger charge is 2.23. The second-order valence-corrected chi connectivity index (χ2v) is 7.57. The highest BCUT2D eigenvalue weighted by molar-refractivity contribution is 7.90. The molecule has 0 bridgehead atoms. The van der Waals surface area contributed by atoms with Crippen molar-refractivity contribution in [3.63, 3.8) is 0 Å². The first-order valence-electron chi connectivity index (χ1n) is 6.38. The van der Waals surface area contributed by atoms with Gasteiger partial charge in [0.2, 0.25) is 0 Å². The Hall–Kier alpha value is -1.83. The van der Waals surface area contributed by atoms with Crippen molar-refractivity contribution in [3.05, 3.63) is 70.2 Å². The lowest BCUT2D eigenvalue weighted by Crippen LogP contribution is -2.13. The van der Waals surface area contributed by atoms with Gasteiger partial charge in [0.25, 0.3) is 0 Å². The molecule has 3 nitrogen and oxygen atoms in total. The van der Waals surface area contributed by atoms with E-state index in [0.29, 0.717) is 21.7 Å². The van der Waals surface area contributed by atoms with E-state index in [-0.39, 0.29) is 5.75 Å². The first-order valence-corrected chi connectivity index (χ1v) is 8.48. The molecule has 0 aliphatic rings. The molecule has 2 aromatic rings. The van der Waals surface area contributed by atoms with E-state index in [4.69, 9.17) is 16.9 Å². The van der Waals surface area contributed by atoms with E-state index >= 15 is 0 Å². The van der Waals surface area contributed by atoms with Crippen LogP contribution in [-0.4, -0.2) is 8.42 Å². The predicted molar refractivity (Wildman–Crippen MR) is 83.6 cm³/mol. The highest BCUT2D eigenvalue weighted by Crippen LogP contribution is 2.26. The Bertz CT molecular complexity index is 777. The van der Waals surface area contributed by atoms with E-state index in [0.717, 1.165) is 0 Å². The average Bonchev–Trinajstić information content (AvgIpc) is 2.47. The van der Waals surface area contributed by atoms with Crippen molar-refractivity contribution in [2.75, 3.05) is 0 Å². The third-order valence-corrected chi connectivity index (χ3v) is 5.64. The van der Waals surface area contributed by atoms with Crippen LogP contribution in [0, 0.1) is 11.3 Å². The molecular formula is C16H14ClNO2S. The molecule has 108 valence electrons. The number of rotatable bonds is 4. The molecule has 0 aliphatic carbocycles. The van der Waals surface area contributed by atoms with Gasteiger partial charge in [0, 0.05) is 5.02 Å². The van der Waals surface area contributed by atoms with Crippen molar-refractivity contribution in [1.82, 2.24) is 0 Å². The second-order valence-electron chi connectivity index (χ2n) is 4.81. The normalized spacial score (nSPS) is 12.6. The Labute approximate surface area is 129 Å². The van der Waals surface area contributed by atoms with Crippen LogP contribution in [0.2, 0.25) is 5.02 Å². The van der Waals surface area contributed by atoms with Crippen LogP contribution in [0.5, 0.6) is 0 Å². The molecule has 0 unspecified atom stereocenters. The summed E-state index contributed by atoms with van der Waals surface area (Å²) in [6.07, 6.45) is 0. The lowest BCUT2D eigenvalue weighted by atomic mass is 10.2. The summed E-state index contributed by atoms with van der Waals surface area (Å²) in [5.41, 5.74) is 1.78. The Morgan fingerprint density at radius 1 is 1.19 bits per heavy atom. The molecule has 0 N–H and O–H groups in total. The minimum absolute atomic E-state index is 0.0910. The van der Waals surface area contributed by atoms with Crippen LogP contribution in [-0.2, 0) is 15.6 Å². The molecule has 0 saturated heterocycles. The van der Waals surface area contributed by atoms with E-state index in [2.05, 4.69) is 0 Å². The number of halogens is 1. The largest absolute Gasteiger partial charge is 0.228 e. The number of nitriles is 1. The number of hydrogen-bond acceptors (Lipinski definition) is 3. The molecule has 0 radical (unpaired) electrons. The number of sulfone groups is 1. The summed E-state index contributed by atoms with van der Waals surface area (Å²) in [5, 5.41) is 8.81. The summed E-state index contributed by atoms with van der Waals surface area (Å²) in [7, 11) is -3.36. The van der Waals surface area contributed by atoms with Gasteiger partial charge in [-0.2, -0.15) is 5.26 Å². The van der Waals surface area contributed by atoms with Crippen molar-refractivity contribution >= 4 is 21.4 Å². The third kappa shape index (κ3) is 3.84. The minimum Gasteiger partial charge on any atom is -0.228 e. The van der Waals surface area contributed by atoms with Gasteiger partial charge in [-0.05, 0) is 42.3 Å². The summed E-state index contributed by atoms with van der Waals surface area (Å²) in [4.78, 5) is 0. The summed E-state index contributed by atoms with van der Waals surface area (Å²) >= 11 is 5.81. The summed E-state index contributed by atoms with van der Waals surface area (Å²) in [5.74, 6) is -0.0910. The monoisotopic (exact) mass is 319 g/mol. The zero-order valence-electron chi connectivity index (χ0n) is 11.5. The Kier molecular flexibility index (Phi) is 4.66. The Balaban J connectivity index is 2.25. The molecule has 1 atom stereocenters. The van der Waals surface area contributed by atoms with E-state index < -0.39 is 15.1 Å². The molecule has 0 aromatic heterocycles. The third-order valence-electron chi connectivity index (χ3n) is 3.30. The summed E-state index contributed by atoms with van der Waals surface area (Å²) in [6, 6.07) is 15.5. The van der Waals surface area contributed by atoms with Gasteiger partial charge >= 0.3 is 0 Å². The lowest BCUT2D eigenvalue weighted by Gasteiger charge is -2.13. The molecule has 0 amide bonds. The zero-order valence-corrected chi connectivity index (χ0v) is 13.0. The van der Waals surface area contributed by atoms with Crippen LogP contribution in [0.25, 0.3) is 0 Å².